The van der Waals surface area contributed by atoms with Crippen LogP contribution in [0.25, 0.3) is 11.5 Å². The lowest BCUT2D eigenvalue weighted by Crippen LogP contribution is -2.12. The first-order chi connectivity index (χ1) is 10.8. The Kier molecular flexibility index (Phi) is 3.53. The van der Waals surface area contributed by atoms with Crippen LogP contribution in [-0.2, 0) is 0 Å². The highest BCUT2D eigenvalue weighted by molar-refractivity contribution is 6.01. The first-order valence-corrected chi connectivity index (χ1v) is 6.18. The van der Waals surface area contributed by atoms with Crippen molar-refractivity contribution in [3.63, 3.8) is 0 Å². The van der Waals surface area contributed by atoms with E-state index in [-0.39, 0.29) is 11.7 Å². The average molecular weight is 292 g/mol. The van der Waals surface area contributed by atoms with Gasteiger partial charge in [-0.1, -0.05) is 5.16 Å². The van der Waals surface area contributed by atoms with E-state index in [0.717, 1.165) is 0 Å². The molecule has 3 aromatic rings. The summed E-state index contributed by atoms with van der Waals surface area (Å²) >= 11 is 0. The molecule has 0 saturated carbocycles. The smallest absolute Gasteiger partial charge is 0.316 e. The van der Waals surface area contributed by atoms with Crippen LogP contribution in [0.15, 0.2) is 47.4 Å². The molecule has 1 amide bonds. The van der Waals surface area contributed by atoms with E-state index >= 15 is 0 Å². The van der Waals surface area contributed by atoms with Gasteiger partial charge in [0.05, 0.1) is 17.8 Å². The summed E-state index contributed by atoms with van der Waals surface area (Å²) in [6.07, 6.45) is 4.47. The number of benzene rings is 1. The van der Waals surface area contributed by atoms with Gasteiger partial charge >= 0.3 is 11.8 Å². The maximum Gasteiger partial charge on any atom is 0.316 e. The minimum absolute atomic E-state index is 0.179. The molecule has 0 radical (unpaired) electrons. The van der Waals surface area contributed by atoms with E-state index in [1.165, 1.54) is 18.6 Å². The van der Waals surface area contributed by atoms with Crippen LogP contribution in [0.5, 0.6) is 0 Å². The molecule has 0 atom stereocenters. The van der Waals surface area contributed by atoms with Gasteiger partial charge in [0, 0.05) is 18.1 Å². The first-order valence-electron chi connectivity index (χ1n) is 6.18. The van der Waals surface area contributed by atoms with Gasteiger partial charge in [0.15, 0.2) is 0 Å². The number of nitrogens with zero attached hydrogens (tertiary/aromatic N) is 5. The van der Waals surface area contributed by atoms with E-state index in [1.54, 1.807) is 24.3 Å². The fraction of sp³-hybridized carbons (Fsp3) is 0. The molecule has 1 N–H and O–H groups in total. The number of hydrogen-bond donors (Lipinski definition) is 1. The Labute approximate surface area is 124 Å². The second kappa shape index (κ2) is 5.80. The van der Waals surface area contributed by atoms with Crippen LogP contribution in [0, 0.1) is 11.3 Å². The summed E-state index contributed by atoms with van der Waals surface area (Å²) in [5, 5.41) is 15.0. The Balaban J connectivity index is 1.75. The van der Waals surface area contributed by atoms with E-state index in [0.29, 0.717) is 16.9 Å². The second-order valence-electron chi connectivity index (χ2n) is 4.16. The third kappa shape index (κ3) is 2.78. The fourth-order valence-electron chi connectivity index (χ4n) is 1.65. The predicted molar refractivity (Wildman–Crippen MR) is 74.4 cm³/mol. The number of aromatic nitrogens is 4. The summed E-state index contributed by atoms with van der Waals surface area (Å²) in [5.41, 5.74) is 1.42. The quantitative estimate of drug-likeness (QED) is 0.779. The standard InChI is InChI=1S/C14H8N6O2/c15-7-9-1-3-10(4-2-9)18-13(21)14-19-12(20-22-14)11-8-16-5-6-17-11/h1-6,8H,(H,18,21). The lowest BCUT2D eigenvalue weighted by Gasteiger charge is -2.01. The first kappa shape index (κ1) is 13.4. The molecule has 0 fully saturated rings. The molecule has 1 aromatic carbocycles. The summed E-state index contributed by atoms with van der Waals surface area (Å²) in [5.74, 6) is -0.560. The van der Waals surface area contributed by atoms with Crippen molar-refractivity contribution in [3.05, 3.63) is 54.3 Å². The van der Waals surface area contributed by atoms with Crippen molar-refractivity contribution in [1.82, 2.24) is 20.1 Å². The molecule has 0 bridgehead atoms. The van der Waals surface area contributed by atoms with Crippen molar-refractivity contribution in [2.75, 3.05) is 5.32 Å². The van der Waals surface area contributed by atoms with Gasteiger partial charge in [0.1, 0.15) is 5.69 Å². The molecule has 8 heteroatoms. The Morgan fingerprint density at radius 3 is 2.73 bits per heavy atom. The highest BCUT2D eigenvalue weighted by atomic mass is 16.5. The maximum absolute atomic E-state index is 12.0. The van der Waals surface area contributed by atoms with Gasteiger partial charge in [-0.3, -0.25) is 9.78 Å². The van der Waals surface area contributed by atoms with Crippen LogP contribution in [-0.4, -0.2) is 26.0 Å². The van der Waals surface area contributed by atoms with Gasteiger partial charge in [-0.15, -0.1) is 0 Å². The Morgan fingerprint density at radius 1 is 1.23 bits per heavy atom. The van der Waals surface area contributed by atoms with Crippen molar-refractivity contribution in [1.29, 1.82) is 5.26 Å². The molecule has 2 aromatic heterocycles. The van der Waals surface area contributed by atoms with Gasteiger partial charge in [-0.05, 0) is 24.3 Å². The van der Waals surface area contributed by atoms with E-state index in [9.17, 15) is 4.79 Å². The van der Waals surface area contributed by atoms with E-state index in [4.69, 9.17) is 9.78 Å². The molecule has 0 unspecified atom stereocenters. The van der Waals surface area contributed by atoms with E-state index in [1.807, 2.05) is 6.07 Å². The Hall–Kier alpha value is -3.60. The van der Waals surface area contributed by atoms with Gasteiger partial charge in [0.25, 0.3) is 0 Å². The lowest BCUT2D eigenvalue weighted by atomic mass is 10.2. The van der Waals surface area contributed by atoms with Gasteiger partial charge < -0.3 is 9.84 Å². The molecule has 106 valence electrons. The van der Waals surface area contributed by atoms with Gasteiger partial charge in [-0.2, -0.15) is 10.2 Å². The summed E-state index contributed by atoms with van der Waals surface area (Å²) in [6.45, 7) is 0. The van der Waals surface area contributed by atoms with Crippen LogP contribution in [0.2, 0.25) is 0 Å². The zero-order valence-corrected chi connectivity index (χ0v) is 11.1. The van der Waals surface area contributed by atoms with Crippen molar-refractivity contribution < 1.29 is 9.32 Å². The Morgan fingerprint density at radius 2 is 2.05 bits per heavy atom. The fourth-order valence-corrected chi connectivity index (χ4v) is 1.65. The number of nitrogens with one attached hydrogen (secondary N) is 1. The van der Waals surface area contributed by atoms with Crippen LogP contribution >= 0.6 is 0 Å². The number of rotatable bonds is 3. The summed E-state index contributed by atoms with van der Waals surface area (Å²) < 4.78 is 4.90. The molecule has 0 aliphatic carbocycles. The monoisotopic (exact) mass is 292 g/mol. The van der Waals surface area contributed by atoms with Gasteiger partial charge in [0.2, 0.25) is 5.82 Å². The zero-order valence-electron chi connectivity index (χ0n) is 11.1. The molecule has 2 heterocycles. The molecule has 0 aliphatic heterocycles. The molecule has 22 heavy (non-hydrogen) atoms. The minimum Gasteiger partial charge on any atom is -0.328 e. The van der Waals surface area contributed by atoms with Crippen LogP contribution in [0.1, 0.15) is 16.2 Å². The maximum atomic E-state index is 12.0. The molecule has 0 saturated heterocycles. The number of hydrogen-bond acceptors (Lipinski definition) is 7. The molecule has 3 rings (SSSR count). The molecule has 8 nitrogen and oxygen atoms in total. The third-order valence-corrected chi connectivity index (χ3v) is 2.68. The SMILES string of the molecule is N#Cc1ccc(NC(=O)c2nc(-c3cnccn3)no2)cc1. The van der Waals surface area contributed by atoms with Crippen molar-refractivity contribution in [2.24, 2.45) is 0 Å². The predicted octanol–water partition coefficient (Wildman–Crippen LogP) is 1.65. The molecular formula is C14H8N6O2. The number of nitriles is 1. The Bertz CT molecular complexity index is 836. The van der Waals surface area contributed by atoms with Crippen molar-refractivity contribution in [3.8, 4) is 17.6 Å². The zero-order chi connectivity index (χ0) is 15.4. The number of carbonyl (C=O) groups excluding carboxylic acids is 1. The van der Waals surface area contributed by atoms with E-state index < -0.39 is 5.91 Å². The summed E-state index contributed by atoms with van der Waals surface area (Å²) in [7, 11) is 0. The normalized spacial score (nSPS) is 9.95. The largest absolute Gasteiger partial charge is 0.328 e. The molecule has 0 spiro atoms. The molecular weight excluding hydrogens is 284 g/mol. The number of carbonyl (C=O) groups is 1. The van der Waals surface area contributed by atoms with Crippen LogP contribution < -0.4 is 5.32 Å². The van der Waals surface area contributed by atoms with Crippen molar-refractivity contribution >= 4 is 11.6 Å². The topological polar surface area (TPSA) is 118 Å². The highest BCUT2D eigenvalue weighted by Crippen LogP contribution is 2.13. The van der Waals surface area contributed by atoms with Crippen LogP contribution in [0.3, 0.4) is 0 Å². The average Bonchev–Trinajstić information content (AvgIpc) is 3.06. The summed E-state index contributed by atoms with van der Waals surface area (Å²) in [4.78, 5) is 23.9. The van der Waals surface area contributed by atoms with Crippen molar-refractivity contribution in [2.45, 2.75) is 0 Å². The minimum atomic E-state index is -0.549. The van der Waals surface area contributed by atoms with E-state index in [2.05, 4.69) is 25.4 Å². The summed E-state index contributed by atoms with van der Waals surface area (Å²) in [6, 6.07) is 8.39. The lowest BCUT2D eigenvalue weighted by molar-refractivity contribution is 0.0981. The van der Waals surface area contributed by atoms with Crippen LogP contribution in [0.4, 0.5) is 5.69 Å². The second-order valence-corrected chi connectivity index (χ2v) is 4.16. The number of anilines is 1. The number of amides is 1. The third-order valence-electron chi connectivity index (χ3n) is 2.68. The highest BCUT2D eigenvalue weighted by Gasteiger charge is 2.17. The molecule has 0 aliphatic rings. The van der Waals surface area contributed by atoms with Gasteiger partial charge in [-0.25, -0.2) is 4.98 Å².